The van der Waals surface area contributed by atoms with Crippen LogP contribution in [0, 0.1) is 0 Å². The van der Waals surface area contributed by atoms with Crippen LogP contribution < -0.4 is 10.1 Å². The Labute approximate surface area is 108 Å². The fourth-order valence-corrected chi connectivity index (χ4v) is 1.94. The molecule has 0 radical (unpaired) electrons. The van der Waals surface area contributed by atoms with Crippen molar-refractivity contribution in [2.45, 2.75) is 0 Å². The predicted octanol–water partition coefficient (Wildman–Crippen LogP) is 2.64. The Bertz CT molecular complexity index is 628. The molecule has 2 aromatic rings. The third-order valence-electron chi connectivity index (χ3n) is 2.57. The van der Waals surface area contributed by atoms with E-state index >= 15 is 0 Å². The molecule has 2 N–H and O–H groups in total. The minimum atomic E-state index is -1.08. The van der Waals surface area contributed by atoms with E-state index < -0.39 is 5.97 Å². The molecule has 94 valence electrons. The second-order valence-corrected chi connectivity index (χ2v) is 4.02. The number of benzene rings is 1. The summed E-state index contributed by atoms with van der Waals surface area (Å²) < 4.78 is 5.13. The van der Waals surface area contributed by atoms with E-state index in [1.54, 1.807) is 19.2 Å². The highest BCUT2D eigenvalue weighted by molar-refractivity contribution is 6.33. The van der Waals surface area contributed by atoms with Crippen LogP contribution in [0.15, 0.2) is 18.2 Å². The van der Waals surface area contributed by atoms with Gasteiger partial charge in [-0.3, -0.25) is 0 Å². The highest BCUT2D eigenvalue weighted by Crippen LogP contribution is 2.33. The number of fused-ring (bicyclic) bond motifs is 1. The predicted molar refractivity (Wildman–Crippen MR) is 69.8 cm³/mol. The van der Waals surface area contributed by atoms with E-state index in [4.69, 9.17) is 21.4 Å². The van der Waals surface area contributed by atoms with Crippen molar-refractivity contribution in [2.75, 3.05) is 19.5 Å². The number of halogens is 1. The van der Waals surface area contributed by atoms with Crippen LogP contribution in [0.3, 0.4) is 0 Å². The van der Waals surface area contributed by atoms with Crippen molar-refractivity contribution >= 4 is 34.2 Å². The zero-order valence-corrected chi connectivity index (χ0v) is 10.6. The minimum absolute atomic E-state index is 0.0342. The first-order valence-electron chi connectivity index (χ1n) is 5.16. The number of aromatic nitrogens is 1. The van der Waals surface area contributed by atoms with Gasteiger partial charge in [0.15, 0.2) is 5.69 Å². The van der Waals surface area contributed by atoms with E-state index in [0.29, 0.717) is 22.0 Å². The van der Waals surface area contributed by atoms with Crippen molar-refractivity contribution in [1.82, 2.24) is 4.98 Å². The number of anilines is 1. The molecule has 0 aliphatic rings. The Morgan fingerprint density at radius 1 is 1.44 bits per heavy atom. The Balaban J connectivity index is 2.79. The number of methoxy groups -OCH3 is 1. The number of rotatable bonds is 3. The zero-order chi connectivity index (χ0) is 13.3. The number of hydrogen-bond acceptors (Lipinski definition) is 4. The lowest BCUT2D eigenvalue weighted by atomic mass is 10.1. The van der Waals surface area contributed by atoms with Crippen LogP contribution in [0.1, 0.15) is 10.5 Å². The van der Waals surface area contributed by atoms with Crippen molar-refractivity contribution in [1.29, 1.82) is 0 Å². The van der Waals surface area contributed by atoms with Crippen molar-refractivity contribution < 1.29 is 14.6 Å². The summed E-state index contributed by atoms with van der Waals surface area (Å²) in [6, 6.07) is 4.78. The third-order valence-corrected chi connectivity index (χ3v) is 2.87. The molecule has 1 aromatic heterocycles. The average molecular weight is 267 g/mol. The van der Waals surface area contributed by atoms with Gasteiger partial charge in [0, 0.05) is 18.1 Å². The smallest absolute Gasteiger partial charge is 0.354 e. The van der Waals surface area contributed by atoms with Gasteiger partial charge in [0.05, 0.1) is 17.6 Å². The minimum Gasteiger partial charge on any atom is -0.495 e. The number of pyridine rings is 1. The van der Waals surface area contributed by atoms with Crippen LogP contribution in [0.5, 0.6) is 5.75 Å². The van der Waals surface area contributed by atoms with Gasteiger partial charge in [0.1, 0.15) is 5.75 Å². The maximum absolute atomic E-state index is 11.0. The molecule has 1 aromatic carbocycles. The number of hydrogen-bond donors (Lipinski definition) is 2. The highest BCUT2D eigenvalue weighted by atomic mass is 35.5. The van der Waals surface area contributed by atoms with Crippen molar-refractivity contribution in [3.05, 3.63) is 28.9 Å². The normalized spacial score (nSPS) is 10.4. The van der Waals surface area contributed by atoms with E-state index in [2.05, 4.69) is 10.3 Å². The summed E-state index contributed by atoms with van der Waals surface area (Å²) in [5, 5.41) is 13.1. The molecule has 0 spiro atoms. The fourth-order valence-electron chi connectivity index (χ4n) is 1.70. The molecule has 0 fully saturated rings. The maximum Gasteiger partial charge on any atom is 0.354 e. The first-order valence-corrected chi connectivity index (χ1v) is 5.54. The van der Waals surface area contributed by atoms with Gasteiger partial charge in [-0.25, -0.2) is 9.78 Å². The molecule has 5 nitrogen and oxygen atoms in total. The summed E-state index contributed by atoms with van der Waals surface area (Å²) in [6.07, 6.45) is 0. The molecule has 0 atom stereocenters. The summed E-state index contributed by atoms with van der Waals surface area (Å²) >= 11 is 6.00. The number of ether oxygens (including phenoxy) is 1. The Morgan fingerprint density at radius 2 is 2.17 bits per heavy atom. The SMILES string of the molecule is CNc1cc(C(=O)O)nc2cc(Cl)c(OC)cc12. The zero-order valence-electron chi connectivity index (χ0n) is 9.82. The van der Waals surface area contributed by atoms with Crippen LogP contribution in [-0.4, -0.2) is 30.2 Å². The third kappa shape index (κ3) is 2.04. The van der Waals surface area contributed by atoms with Crippen LogP contribution in [0.2, 0.25) is 5.02 Å². The molecular formula is C12H11ClN2O3. The molecule has 18 heavy (non-hydrogen) atoms. The second kappa shape index (κ2) is 4.70. The molecule has 0 bridgehead atoms. The number of carbonyl (C=O) groups is 1. The maximum atomic E-state index is 11.0. The van der Waals surface area contributed by atoms with Crippen molar-refractivity contribution in [3.63, 3.8) is 0 Å². The van der Waals surface area contributed by atoms with E-state index in [9.17, 15) is 4.79 Å². The van der Waals surface area contributed by atoms with E-state index in [1.165, 1.54) is 13.2 Å². The lowest BCUT2D eigenvalue weighted by molar-refractivity contribution is 0.0691. The topological polar surface area (TPSA) is 71.5 Å². The summed E-state index contributed by atoms with van der Waals surface area (Å²) in [5.74, 6) is -0.564. The van der Waals surface area contributed by atoms with Gasteiger partial charge in [0.2, 0.25) is 0 Å². The number of nitrogens with one attached hydrogen (secondary N) is 1. The van der Waals surface area contributed by atoms with Gasteiger partial charge in [-0.2, -0.15) is 0 Å². The Hall–Kier alpha value is -2.01. The molecule has 0 aliphatic carbocycles. The molecule has 0 aliphatic heterocycles. The molecule has 6 heteroatoms. The monoisotopic (exact) mass is 266 g/mol. The number of aromatic carboxylic acids is 1. The van der Waals surface area contributed by atoms with Gasteiger partial charge in [-0.15, -0.1) is 0 Å². The van der Waals surface area contributed by atoms with Crippen molar-refractivity contribution in [2.24, 2.45) is 0 Å². The van der Waals surface area contributed by atoms with Crippen LogP contribution in [0.4, 0.5) is 5.69 Å². The summed E-state index contributed by atoms with van der Waals surface area (Å²) in [5.41, 5.74) is 1.13. The summed E-state index contributed by atoms with van der Waals surface area (Å²) in [6.45, 7) is 0. The van der Waals surface area contributed by atoms with Crippen molar-refractivity contribution in [3.8, 4) is 5.75 Å². The van der Waals surface area contributed by atoms with E-state index in [1.807, 2.05) is 0 Å². The van der Waals surface area contributed by atoms with Gasteiger partial charge in [0.25, 0.3) is 0 Å². The van der Waals surface area contributed by atoms with E-state index in [0.717, 1.165) is 5.39 Å². The van der Waals surface area contributed by atoms with E-state index in [-0.39, 0.29) is 5.69 Å². The van der Waals surface area contributed by atoms with Gasteiger partial charge < -0.3 is 15.2 Å². The molecule has 1 heterocycles. The molecule has 0 saturated heterocycles. The lowest BCUT2D eigenvalue weighted by Gasteiger charge is -2.10. The first-order chi connectivity index (χ1) is 8.56. The second-order valence-electron chi connectivity index (χ2n) is 3.61. The first kappa shape index (κ1) is 12.4. The Morgan fingerprint density at radius 3 is 2.72 bits per heavy atom. The standard InChI is InChI=1S/C12H11ClN2O3/c1-14-8-5-10(12(16)17)15-9-4-7(13)11(18-2)3-6(8)9/h3-5H,1-2H3,(H,14,15)(H,16,17). The van der Waals surface area contributed by atoms with Crippen LogP contribution in [-0.2, 0) is 0 Å². The molecular weight excluding hydrogens is 256 g/mol. The molecule has 0 saturated carbocycles. The quantitative estimate of drug-likeness (QED) is 0.894. The molecule has 0 unspecified atom stereocenters. The average Bonchev–Trinajstić information content (AvgIpc) is 2.36. The van der Waals surface area contributed by atoms with Crippen LogP contribution in [0.25, 0.3) is 10.9 Å². The lowest BCUT2D eigenvalue weighted by Crippen LogP contribution is -2.03. The van der Waals surface area contributed by atoms with Crippen LogP contribution >= 0.6 is 11.6 Å². The summed E-state index contributed by atoms with van der Waals surface area (Å²) in [4.78, 5) is 15.0. The number of nitrogens with zero attached hydrogens (tertiary/aromatic N) is 1. The molecule has 0 amide bonds. The largest absolute Gasteiger partial charge is 0.495 e. The molecule has 2 rings (SSSR count). The fraction of sp³-hybridized carbons (Fsp3) is 0.167. The van der Waals surface area contributed by atoms with Gasteiger partial charge in [-0.1, -0.05) is 11.6 Å². The van der Waals surface area contributed by atoms with Gasteiger partial charge in [-0.05, 0) is 18.2 Å². The van der Waals surface area contributed by atoms with Gasteiger partial charge >= 0.3 is 5.97 Å². The summed E-state index contributed by atoms with van der Waals surface area (Å²) in [7, 11) is 3.23. The Kier molecular flexibility index (Phi) is 3.25. The highest BCUT2D eigenvalue weighted by Gasteiger charge is 2.12. The number of carboxylic acid groups (broad SMARTS) is 1. The number of carboxylic acids is 1.